The second kappa shape index (κ2) is 7.76. The number of amides is 1. The smallest absolute Gasteiger partial charge is 0.224 e. The molecule has 2 rings (SSSR count). The second-order valence-corrected chi connectivity index (χ2v) is 5.20. The minimum absolute atomic E-state index is 0.175. The Hall–Kier alpha value is -1.91. The Morgan fingerprint density at radius 2 is 2.05 bits per heavy atom. The van der Waals surface area contributed by atoms with Crippen LogP contribution < -0.4 is 14.8 Å². The third-order valence-corrected chi connectivity index (χ3v) is 3.48. The van der Waals surface area contributed by atoms with E-state index < -0.39 is 0 Å². The number of carbonyl (C=O) groups excluding carboxylic acids is 1. The number of ether oxygens (including phenoxy) is 2. The summed E-state index contributed by atoms with van der Waals surface area (Å²) in [4.78, 5) is 13.7. The van der Waals surface area contributed by atoms with Gasteiger partial charge in [0, 0.05) is 38.3 Å². The number of rotatable bonds is 7. The minimum Gasteiger partial charge on any atom is -0.486 e. The van der Waals surface area contributed by atoms with Gasteiger partial charge in [-0.1, -0.05) is 13.3 Å². The standard InChI is InChI=1S/C16H24N2O3/c1-3-4-9-18(2)16(19)7-8-17-13-5-6-14-15(12-13)21-11-10-20-14/h5-6,12,17H,3-4,7-11H2,1-2H3. The second-order valence-electron chi connectivity index (χ2n) is 5.20. The van der Waals surface area contributed by atoms with E-state index in [-0.39, 0.29) is 5.91 Å². The van der Waals surface area contributed by atoms with Crippen molar-refractivity contribution in [1.82, 2.24) is 4.90 Å². The van der Waals surface area contributed by atoms with Gasteiger partial charge in [-0.25, -0.2) is 0 Å². The number of fused-ring (bicyclic) bond motifs is 1. The van der Waals surface area contributed by atoms with Crippen LogP contribution in [0, 0.1) is 0 Å². The molecule has 0 saturated carbocycles. The summed E-state index contributed by atoms with van der Waals surface area (Å²) in [6, 6.07) is 5.75. The Morgan fingerprint density at radius 1 is 1.29 bits per heavy atom. The Labute approximate surface area is 126 Å². The van der Waals surface area contributed by atoms with Crippen LogP contribution in [0.3, 0.4) is 0 Å². The van der Waals surface area contributed by atoms with E-state index in [1.165, 1.54) is 0 Å². The van der Waals surface area contributed by atoms with Crippen molar-refractivity contribution in [2.24, 2.45) is 0 Å². The summed E-state index contributed by atoms with van der Waals surface area (Å²) in [5, 5.41) is 3.25. The topological polar surface area (TPSA) is 50.8 Å². The van der Waals surface area contributed by atoms with Crippen molar-refractivity contribution in [1.29, 1.82) is 0 Å². The highest BCUT2D eigenvalue weighted by Crippen LogP contribution is 2.32. The summed E-state index contributed by atoms with van der Waals surface area (Å²) >= 11 is 0. The maximum atomic E-state index is 11.9. The van der Waals surface area contributed by atoms with Crippen LogP contribution in [0.1, 0.15) is 26.2 Å². The van der Waals surface area contributed by atoms with E-state index in [4.69, 9.17) is 9.47 Å². The van der Waals surface area contributed by atoms with Crippen molar-refractivity contribution < 1.29 is 14.3 Å². The zero-order valence-corrected chi connectivity index (χ0v) is 12.9. The average molecular weight is 292 g/mol. The zero-order valence-electron chi connectivity index (χ0n) is 12.9. The monoisotopic (exact) mass is 292 g/mol. The number of anilines is 1. The maximum absolute atomic E-state index is 11.9. The van der Waals surface area contributed by atoms with Crippen LogP contribution in [0.4, 0.5) is 5.69 Å². The van der Waals surface area contributed by atoms with Crippen molar-refractivity contribution >= 4 is 11.6 Å². The van der Waals surface area contributed by atoms with Crippen LogP contribution in [-0.2, 0) is 4.79 Å². The quantitative estimate of drug-likeness (QED) is 0.839. The third-order valence-electron chi connectivity index (χ3n) is 3.48. The van der Waals surface area contributed by atoms with Crippen LogP contribution in [0.2, 0.25) is 0 Å². The molecule has 1 N–H and O–H groups in total. The van der Waals surface area contributed by atoms with Gasteiger partial charge in [-0.15, -0.1) is 0 Å². The highest BCUT2D eigenvalue weighted by atomic mass is 16.6. The molecule has 5 nitrogen and oxygen atoms in total. The number of nitrogens with zero attached hydrogens (tertiary/aromatic N) is 1. The van der Waals surface area contributed by atoms with Gasteiger partial charge in [0.1, 0.15) is 13.2 Å². The fourth-order valence-electron chi connectivity index (χ4n) is 2.18. The number of hydrogen-bond donors (Lipinski definition) is 1. The number of unbranched alkanes of at least 4 members (excludes halogenated alkanes) is 1. The summed E-state index contributed by atoms with van der Waals surface area (Å²) in [6.45, 7) is 4.76. The first-order chi connectivity index (χ1) is 10.2. The minimum atomic E-state index is 0.175. The predicted molar refractivity (Wildman–Crippen MR) is 83.1 cm³/mol. The van der Waals surface area contributed by atoms with Gasteiger partial charge in [0.25, 0.3) is 0 Å². The SMILES string of the molecule is CCCCN(C)C(=O)CCNc1ccc2c(c1)OCCO2. The van der Waals surface area contributed by atoms with Gasteiger partial charge in [-0.2, -0.15) is 0 Å². The molecule has 0 fully saturated rings. The first kappa shape index (κ1) is 15.5. The van der Waals surface area contributed by atoms with E-state index in [1.807, 2.05) is 25.2 Å². The van der Waals surface area contributed by atoms with Gasteiger partial charge in [-0.05, 0) is 18.6 Å². The molecule has 1 amide bonds. The summed E-state index contributed by atoms with van der Waals surface area (Å²) in [5.41, 5.74) is 0.947. The molecule has 21 heavy (non-hydrogen) atoms. The Balaban J connectivity index is 1.77. The molecule has 0 atom stereocenters. The molecule has 0 aromatic heterocycles. The first-order valence-electron chi connectivity index (χ1n) is 7.58. The van der Waals surface area contributed by atoms with E-state index in [9.17, 15) is 4.79 Å². The van der Waals surface area contributed by atoms with Crippen molar-refractivity contribution in [3.8, 4) is 11.5 Å². The molecule has 1 aromatic rings. The van der Waals surface area contributed by atoms with Crippen LogP contribution in [0.25, 0.3) is 0 Å². The van der Waals surface area contributed by atoms with Gasteiger partial charge in [0.05, 0.1) is 0 Å². The van der Waals surface area contributed by atoms with Crippen LogP contribution in [0.5, 0.6) is 11.5 Å². The number of nitrogens with one attached hydrogen (secondary N) is 1. The molecule has 0 spiro atoms. The van der Waals surface area contributed by atoms with Gasteiger partial charge >= 0.3 is 0 Å². The molecule has 1 aliphatic rings. The fraction of sp³-hybridized carbons (Fsp3) is 0.562. The molecule has 1 aromatic carbocycles. The molecule has 0 radical (unpaired) electrons. The van der Waals surface area contributed by atoms with Crippen LogP contribution in [-0.4, -0.2) is 44.2 Å². The van der Waals surface area contributed by atoms with Crippen LogP contribution in [0.15, 0.2) is 18.2 Å². The summed E-state index contributed by atoms with van der Waals surface area (Å²) in [5.74, 6) is 1.72. The summed E-state index contributed by atoms with van der Waals surface area (Å²) < 4.78 is 11.0. The lowest BCUT2D eigenvalue weighted by Gasteiger charge is -2.19. The molecule has 1 aliphatic heterocycles. The lowest BCUT2D eigenvalue weighted by Crippen LogP contribution is -2.29. The van der Waals surface area contributed by atoms with Gasteiger partial charge in [0.15, 0.2) is 11.5 Å². The van der Waals surface area contributed by atoms with Gasteiger partial charge < -0.3 is 19.7 Å². The van der Waals surface area contributed by atoms with E-state index in [0.29, 0.717) is 26.2 Å². The van der Waals surface area contributed by atoms with Crippen molar-refractivity contribution in [2.75, 3.05) is 38.7 Å². The van der Waals surface area contributed by atoms with Crippen molar-refractivity contribution in [2.45, 2.75) is 26.2 Å². The summed E-state index contributed by atoms with van der Waals surface area (Å²) in [7, 11) is 1.86. The first-order valence-corrected chi connectivity index (χ1v) is 7.58. The van der Waals surface area contributed by atoms with Gasteiger partial charge in [0.2, 0.25) is 5.91 Å². The number of hydrogen-bond acceptors (Lipinski definition) is 4. The zero-order chi connectivity index (χ0) is 15.1. The maximum Gasteiger partial charge on any atom is 0.224 e. The molecule has 0 unspecified atom stereocenters. The van der Waals surface area contributed by atoms with E-state index in [0.717, 1.165) is 36.6 Å². The van der Waals surface area contributed by atoms with E-state index >= 15 is 0 Å². The normalized spacial score (nSPS) is 12.9. The highest BCUT2D eigenvalue weighted by Gasteiger charge is 2.12. The fourth-order valence-corrected chi connectivity index (χ4v) is 2.18. The molecule has 5 heteroatoms. The van der Waals surface area contributed by atoms with Gasteiger partial charge in [-0.3, -0.25) is 4.79 Å². The van der Waals surface area contributed by atoms with Crippen LogP contribution >= 0.6 is 0 Å². The predicted octanol–water partition coefficient (Wildman–Crippen LogP) is 2.52. The number of benzene rings is 1. The lowest BCUT2D eigenvalue weighted by atomic mass is 10.2. The lowest BCUT2D eigenvalue weighted by molar-refractivity contribution is -0.129. The molecule has 116 valence electrons. The van der Waals surface area contributed by atoms with Crippen molar-refractivity contribution in [3.05, 3.63) is 18.2 Å². The molecular weight excluding hydrogens is 268 g/mol. The molecule has 0 aliphatic carbocycles. The number of carbonyl (C=O) groups is 1. The Morgan fingerprint density at radius 3 is 2.81 bits per heavy atom. The Kier molecular flexibility index (Phi) is 5.72. The average Bonchev–Trinajstić information content (AvgIpc) is 2.52. The third kappa shape index (κ3) is 4.55. The van der Waals surface area contributed by atoms with E-state index in [1.54, 1.807) is 4.90 Å². The van der Waals surface area contributed by atoms with Crippen molar-refractivity contribution in [3.63, 3.8) is 0 Å². The largest absolute Gasteiger partial charge is 0.486 e. The molecule has 0 bridgehead atoms. The van der Waals surface area contributed by atoms with E-state index in [2.05, 4.69) is 12.2 Å². The summed E-state index contributed by atoms with van der Waals surface area (Å²) in [6.07, 6.45) is 2.65. The Bertz CT molecular complexity index is 477. The molecular formula is C16H24N2O3. The molecule has 1 heterocycles. The highest BCUT2D eigenvalue weighted by molar-refractivity contribution is 5.76. The molecule has 0 saturated heterocycles.